The average Bonchev–Trinajstić information content (AvgIpc) is 1.85. The third-order valence-electron chi connectivity index (χ3n) is 1.92. The van der Waals surface area contributed by atoms with Crippen molar-refractivity contribution in [3.8, 4) is 0 Å². The molecule has 64 valence electrons. The molecule has 0 aromatic heterocycles. The van der Waals surface area contributed by atoms with Gasteiger partial charge in [-0.3, -0.25) is 0 Å². The molecule has 0 aromatic carbocycles. The first-order chi connectivity index (χ1) is 5.06. The molecule has 0 N–H and O–H groups in total. The van der Waals surface area contributed by atoms with Crippen molar-refractivity contribution in [3.63, 3.8) is 0 Å². The van der Waals surface area contributed by atoms with E-state index in [1.165, 1.54) is 32.1 Å². The van der Waals surface area contributed by atoms with E-state index in [0.717, 1.165) is 6.42 Å². The van der Waals surface area contributed by atoms with E-state index in [1.807, 2.05) is 0 Å². The van der Waals surface area contributed by atoms with Crippen molar-refractivity contribution in [3.05, 3.63) is 0 Å². The van der Waals surface area contributed by atoms with Gasteiger partial charge in [0.25, 0.3) is 0 Å². The molecule has 0 unspecified atom stereocenters. The second-order valence-corrected chi connectivity index (χ2v) is 4.15. The Morgan fingerprint density at radius 1 is 1.00 bits per heavy atom. The Kier molecular flexibility index (Phi) is 5.72. The first-order valence-electron chi connectivity index (χ1n) is 4.85. The summed E-state index contributed by atoms with van der Waals surface area (Å²) in [4.78, 5) is 0. The summed E-state index contributed by atoms with van der Waals surface area (Å²) in [7, 11) is 5.85. The lowest BCUT2D eigenvalue weighted by atomic mass is 9.69. The Balaban J connectivity index is 3.02. The Labute approximate surface area is 73.2 Å². The maximum atomic E-state index is 5.85. The van der Waals surface area contributed by atoms with Crippen LogP contribution in [0.15, 0.2) is 0 Å². The van der Waals surface area contributed by atoms with Crippen molar-refractivity contribution < 1.29 is 0 Å². The molecule has 0 aliphatic carbocycles. The van der Waals surface area contributed by atoms with Gasteiger partial charge < -0.3 is 0 Å². The summed E-state index contributed by atoms with van der Waals surface area (Å²) >= 11 is 0. The van der Waals surface area contributed by atoms with Crippen LogP contribution in [0.3, 0.4) is 0 Å². The van der Waals surface area contributed by atoms with Crippen molar-refractivity contribution in [2.75, 3.05) is 0 Å². The molecule has 0 amide bonds. The Hall–Kier alpha value is 0.0649. The van der Waals surface area contributed by atoms with E-state index in [9.17, 15) is 0 Å². The van der Waals surface area contributed by atoms with Gasteiger partial charge in [-0.2, -0.15) is 0 Å². The SMILES string of the molecule is [B]C(C)(C)CCCCCCC. The van der Waals surface area contributed by atoms with Crippen molar-refractivity contribution in [2.24, 2.45) is 0 Å². The fourth-order valence-corrected chi connectivity index (χ4v) is 1.18. The minimum atomic E-state index is 0.0478. The zero-order chi connectivity index (χ0) is 8.74. The van der Waals surface area contributed by atoms with Gasteiger partial charge in [-0.1, -0.05) is 64.6 Å². The van der Waals surface area contributed by atoms with Crippen LogP contribution < -0.4 is 0 Å². The van der Waals surface area contributed by atoms with Gasteiger partial charge in [0.15, 0.2) is 0 Å². The van der Waals surface area contributed by atoms with E-state index in [4.69, 9.17) is 7.85 Å². The van der Waals surface area contributed by atoms with Crippen LogP contribution in [0.1, 0.15) is 59.3 Å². The number of rotatable bonds is 6. The van der Waals surface area contributed by atoms with Gasteiger partial charge in [-0.25, -0.2) is 0 Å². The summed E-state index contributed by atoms with van der Waals surface area (Å²) in [6.07, 6.45) is 7.90. The standard InChI is InChI=1S/C10H21B/c1-4-5-6-7-8-9-10(2,3)11/h4-9H2,1-3H3. The lowest BCUT2D eigenvalue weighted by molar-refractivity contribution is 0.534. The van der Waals surface area contributed by atoms with E-state index >= 15 is 0 Å². The maximum Gasteiger partial charge on any atom is 0.0738 e. The minimum absolute atomic E-state index is 0.0478. The van der Waals surface area contributed by atoms with Crippen LogP contribution in [0, 0.1) is 0 Å². The molecule has 0 spiro atoms. The number of hydrogen-bond acceptors (Lipinski definition) is 0. The lowest BCUT2D eigenvalue weighted by Gasteiger charge is -2.17. The number of hydrogen-bond donors (Lipinski definition) is 0. The van der Waals surface area contributed by atoms with Crippen LogP contribution in [-0.2, 0) is 0 Å². The second-order valence-electron chi connectivity index (χ2n) is 4.15. The van der Waals surface area contributed by atoms with Crippen LogP contribution in [0.5, 0.6) is 0 Å². The summed E-state index contributed by atoms with van der Waals surface area (Å²) in [5.41, 5.74) is 0. The third kappa shape index (κ3) is 10.1. The molecule has 0 nitrogen and oxygen atoms in total. The highest BCUT2D eigenvalue weighted by Crippen LogP contribution is 2.26. The molecular weight excluding hydrogens is 131 g/mol. The number of unbranched alkanes of at least 4 members (excludes halogenated alkanes) is 4. The first-order valence-corrected chi connectivity index (χ1v) is 4.85. The highest BCUT2D eigenvalue weighted by atomic mass is 14.1. The molecule has 0 bridgehead atoms. The highest BCUT2D eigenvalue weighted by Gasteiger charge is 2.07. The predicted molar refractivity (Wildman–Crippen MR) is 53.2 cm³/mol. The molecule has 0 heterocycles. The maximum absolute atomic E-state index is 5.85. The normalized spacial score (nSPS) is 11.9. The van der Waals surface area contributed by atoms with Crippen molar-refractivity contribution in [1.82, 2.24) is 0 Å². The zero-order valence-corrected chi connectivity index (χ0v) is 8.32. The van der Waals surface area contributed by atoms with Gasteiger partial charge in [-0.05, 0) is 0 Å². The van der Waals surface area contributed by atoms with Crippen LogP contribution >= 0.6 is 0 Å². The summed E-state index contributed by atoms with van der Waals surface area (Å²) < 4.78 is 0. The van der Waals surface area contributed by atoms with E-state index in [1.54, 1.807) is 0 Å². The van der Waals surface area contributed by atoms with Gasteiger partial charge in [0.2, 0.25) is 0 Å². The highest BCUT2D eigenvalue weighted by molar-refractivity contribution is 6.14. The van der Waals surface area contributed by atoms with E-state index in [0.29, 0.717) is 0 Å². The third-order valence-corrected chi connectivity index (χ3v) is 1.92. The molecule has 0 fully saturated rings. The van der Waals surface area contributed by atoms with E-state index < -0.39 is 0 Å². The van der Waals surface area contributed by atoms with Gasteiger partial charge in [-0.15, -0.1) is 0 Å². The lowest BCUT2D eigenvalue weighted by Crippen LogP contribution is -2.01. The fourth-order valence-electron chi connectivity index (χ4n) is 1.18. The largest absolute Gasteiger partial charge is 0.0738 e. The van der Waals surface area contributed by atoms with Crippen LogP contribution in [-0.4, -0.2) is 7.85 Å². The molecule has 0 aromatic rings. The molecular formula is C10H21B. The molecule has 0 atom stereocenters. The van der Waals surface area contributed by atoms with E-state index in [2.05, 4.69) is 20.8 Å². The topological polar surface area (TPSA) is 0 Å². The zero-order valence-electron chi connectivity index (χ0n) is 8.32. The van der Waals surface area contributed by atoms with Crippen LogP contribution in [0.2, 0.25) is 5.31 Å². The average molecular weight is 152 g/mol. The fraction of sp³-hybridized carbons (Fsp3) is 1.00. The molecule has 0 rings (SSSR count). The monoisotopic (exact) mass is 152 g/mol. The molecule has 0 saturated heterocycles. The first kappa shape index (κ1) is 11.1. The van der Waals surface area contributed by atoms with Crippen LogP contribution in [0.25, 0.3) is 0 Å². The van der Waals surface area contributed by atoms with Gasteiger partial charge in [0, 0.05) is 0 Å². The van der Waals surface area contributed by atoms with Gasteiger partial charge in [0.05, 0.1) is 7.85 Å². The summed E-state index contributed by atoms with van der Waals surface area (Å²) in [6, 6.07) is 0. The summed E-state index contributed by atoms with van der Waals surface area (Å²) in [5, 5.41) is 0.0478. The second kappa shape index (κ2) is 5.68. The summed E-state index contributed by atoms with van der Waals surface area (Å²) in [5.74, 6) is 0. The molecule has 0 aliphatic rings. The van der Waals surface area contributed by atoms with Gasteiger partial charge >= 0.3 is 0 Å². The molecule has 0 aliphatic heterocycles. The van der Waals surface area contributed by atoms with Crippen molar-refractivity contribution >= 4 is 7.85 Å². The molecule has 0 saturated carbocycles. The minimum Gasteiger partial charge on any atom is -0.0716 e. The Morgan fingerprint density at radius 3 is 2.00 bits per heavy atom. The van der Waals surface area contributed by atoms with Gasteiger partial charge in [0.1, 0.15) is 0 Å². The van der Waals surface area contributed by atoms with E-state index in [-0.39, 0.29) is 5.31 Å². The Bertz CT molecular complexity index is 81.4. The predicted octanol–water partition coefficient (Wildman–Crippen LogP) is 3.71. The molecule has 1 heteroatoms. The smallest absolute Gasteiger partial charge is 0.0716 e. The molecule has 11 heavy (non-hydrogen) atoms. The summed E-state index contributed by atoms with van der Waals surface area (Å²) in [6.45, 7) is 6.45. The van der Waals surface area contributed by atoms with Crippen molar-refractivity contribution in [2.45, 2.75) is 64.6 Å². The Morgan fingerprint density at radius 2 is 1.55 bits per heavy atom. The van der Waals surface area contributed by atoms with Crippen molar-refractivity contribution in [1.29, 1.82) is 0 Å². The van der Waals surface area contributed by atoms with Crippen LogP contribution in [0.4, 0.5) is 0 Å². The molecule has 2 radical (unpaired) electrons. The quantitative estimate of drug-likeness (QED) is 0.402.